The number of hydrogen-bond acceptors (Lipinski definition) is 7. The highest BCUT2D eigenvalue weighted by Gasteiger charge is 2.46. The van der Waals surface area contributed by atoms with Gasteiger partial charge in [-0.1, -0.05) is 12.1 Å². The van der Waals surface area contributed by atoms with Gasteiger partial charge >= 0.3 is 0 Å². The third-order valence-corrected chi connectivity index (χ3v) is 7.19. The number of rotatable bonds is 8. The molecule has 8 nitrogen and oxygen atoms in total. The summed E-state index contributed by atoms with van der Waals surface area (Å²) < 4.78 is 16.8. The van der Waals surface area contributed by atoms with Gasteiger partial charge in [0.2, 0.25) is 0 Å². The number of ether oxygens (including phenoxy) is 3. The molecule has 0 radical (unpaired) electrons. The summed E-state index contributed by atoms with van der Waals surface area (Å²) >= 11 is 0. The van der Waals surface area contributed by atoms with Gasteiger partial charge in [-0.05, 0) is 61.7 Å². The Balaban J connectivity index is 1.47. The fourth-order valence-electron chi connectivity index (χ4n) is 5.38. The van der Waals surface area contributed by atoms with Crippen molar-refractivity contribution < 1.29 is 28.9 Å². The van der Waals surface area contributed by atoms with Crippen molar-refractivity contribution in [2.24, 2.45) is 0 Å². The minimum absolute atomic E-state index is 0.0632. The van der Waals surface area contributed by atoms with E-state index in [9.17, 15) is 14.7 Å². The molecule has 2 unspecified atom stereocenters. The summed E-state index contributed by atoms with van der Waals surface area (Å²) in [5.74, 6) is 0.0996. The van der Waals surface area contributed by atoms with E-state index in [0.717, 1.165) is 42.9 Å². The Labute approximate surface area is 217 Å². The van der Waals surface area contributed by atoms with Gasteiger partial charge in [-0.2, -0.15) is 0 Å². The standard InChI is InChI=1S/C29H34N2O6/c1-3-36-23-8-5-20(6-9-23)26-25(27(32)21-7-10-24-22(18-21)17-19(2)37-24)28(33)29(34)31(26)12-4-11-30-13-15-35-16-14-30/h5-10,18-19,26,32H,3-4,11-17H2,1-2H3. The monoisotopic (exact) mass is 506 g/mol. The number of ketones is 1. The molecule has 1 amide bonds. The highest BCUT2D eigenvalue weighted by atomic mass is 16.5. The number of aliphatic hydroxyl groups excluding tert-OH is 1. The Morgan fingerprint density at radius 3 is 2.57 bits per heavy atom. The number of benzene rings is 2. The molecule has 2 fully saturated rings. The van der Waals surface area contributed by atoms with Gasteiger partial charge in [-0.25, -0.2) is 0 Å². The molecule has 5 rings (SSSR count). The predicted octanol–water partition coefficient (Wildman–Crippen LogP) is 3.55. The molecule has 0 bridgehead atoms. The molecule has 0 saturated carbocycles. The summed E-state index contributed by atoms with van der Waals surface area (Å²) in [6.07, 6.45) is 1.51. The van der Waals surface area contributed by atoms with Crippen LogP contribution in [0.25, 0.3) is 5.76 Å². The third-order valence-electron chi connectivity index (χ3n) is 7.19. The zero-order valence-corrected chi connectivity index (χ0v) is 21.4. The fraction of sp³-hybridized carbons (Fsp3) is 0.448. The van der Waals surface area contributed by atoms with Crippen molar-refractivity contribution in [1.29, 1.82) is 0 Å². The number of nitrogens with zero attached hydrogens (tertiary/aromatic N) is 2. The van der Waals surface area contributed by atoms with E-state index in [1.165, 1.54) is 0 Å². The van der Waals surface area contributed by atoms with E-state index in [2.05, 4.69) is 4.90 Å². The van der Waals surface area contributed by atoms with Crippen LogP contribution in [0.1, 0.15) is 43.0 Å². The molecule has 1 N–H and O–H groups in total. The van der Waals surface area contributed by atoms with Crippen LogP contribution in [0.2, 0.25) is 0 Å². The highest BCUT2D eigenvalue weighted by molar-refractivity contribution is 6.46. The number of aliphatic hydroxyl groups is 1. The summed E-state index contributed by atoms with van der Waals surface area (Å²) in [4.78, 5) is 30.5. The van der Waals surface area contributed by atoms with Crippen LogP contribution in [0.3, 0.4) is 0 Å². The molecular weight excluding hydrogens is 472 g/mol. The average molecular weight is 507 g/mol. The van der Waals surface area contributed by atoms with Crippen molar-refractivity contribution in [1.82, 2.24) is 9.80 Å². The first-order valence-corrected chi connectivity index (χ1v) is 13.1. The first-order valence-electron chi connectivity index (χ1n) is 13.1. The SMILES string of the molecule is CCOc1ccc(C2C(=C(O)c3ccc4c(c3)CC(C)O4)C(=O)C(=O)N2CCCN2CCOCC2)cc1. The minimum Gasteiger partial charge on any atom is -0.507 e. The number of Topliss-reactive ketones (excluding diaryl/α,β-unsaturated/α-hetero) is 1. The number of fused-ring (bicyclic) bond motifs is 1. The van der Waals surface area contributed by atoms with Crippen molar-refractivity contribution in [3.8, 4) is 11.5 Å². The molecule has 3 aliphatic rings. The van der Waals surface area contributed by atoms with Gasteiger partial charge in [0, 0.05) is 38.2 Å². The molecule has 2 atom stereocenters. The molecule has 8 heteroatoms. The summed E-state index contributed by atoms with van der Waals surface area (Å²) in [7, 11) is 0. The smallest absolute Gasteiger partial charge is 0.295 e. The van der Waals surface area contributed by atoms with Gasteiger partial charge in [0.15, 0.2) is 0 Å². The Morgan fingerprint density at radius 1 is 1.08 bits per heavy atom. The van der Waals surface area contributed by atoms with Crippen LogP contribution in [-0.4, -0.2) is 78.7 Å². The van der Waals surface area contributed by atoms with Crippen LogP contribution >= 0.6 is 0 Å². The maximum atomic E-state index is 13.3. The van der Waals surface area contributed by atoms with E-state index in [-0.39, 0.29) is 17.4 Å². The Bertz CT molecular complexity index is 1190. The fourth-order valence-corrected chi connectivity index (χ4v) is 5.38. The van der Waals surface area contributed by atoms with E-state index in [1.54, 1.807) is 11.0 Å². The molecule has 196 valence electrons. The van der Waals surface area contributed by atoms with Crippen LogP contribution in [0.4, 0.5) is 0 Å². The molecule has 37 heavy (non-hydrogen) atoms. The normalized spacial score (nSPS) is 23.2. The number of hydrogen-bond donors (Lipinski definition) is 1. The lowest BCUT2D eigenvalue weighted by atomic mass is 9.94. The van der Waals surface area contributed by atoms with E-state index in [0.29, 0.717) is 44.1 Å². The van der Waals surface area contributed by atoms with E-state index in [1.807, 2.05) is 50.2 Å². The molecule has 3 heterocycles. The van der Waals surface area contributed by atoms with E-state index < -0.39 is 17.7 Å². The van der Waals surface area contributed by atoms with Gasteiger partial charge in [-0.15, -0.1) is 0 Å². The molecule has 3 aliphatic heterocycles. The van der Waals surface area contributed by atoms with Gasteiger partial charge in [0.1, 0.15) is 23.4 Å². The van der Waals surface area contributed by atoms with Gasteiger partial charge < -0.3 is 24.2 Å². The zero-order valence-electron chi connectivity index (χ0n) is 21.4. The molecule has 2 saturated heterocycles. The van der Waals surface area contributed by atoms with Gasteiger partial charge in [0.05, 0.1) is 31.4 Å². The predicted molar refractivity (Wildman–Crippen MR) is 139 cm³/mol. The van der Waals surface area contributed by atoms with Crippen molar-refractivity contribution in [2.75, 3.05) is 46.0 Å². The first-order chi connectivity index (χ1) is 18.0. The van der Waals surface area contributed by atoms with Crippen LogP contribution in [-0.2, 0) is 20.7 Å². The van der Waals surface area contributed by atoms with Crippen LogP contribution in [0, 0.1) is 0 Å². The summed E-state index contributed by atoms with van der Waals surface area (Å²) in [5.41, 5.74) is 2.37. The number of carbonyl (C=O) groups is 2. The summed E-state index contributed by atoms with van der Waals surface area (Å²) in [5, 5.41) is 11.4. The number of amides is 1. The zero-order chi connectivity index (χ0) is 25.9. The lowest BCUT2D eigenvalue weighted by molar-refractivity contribution is -0.140. The molecule has 0 aromatic heterocycles. The number of carbonyl (C=O) groups excluding carboxylic acids is 2. The summed E-state index contributed by atoms with van der Waals surface area (Å²) in [6.45, 7) is 8.82. The molecule has 0 aliphatic carbocycles. The van der Waals surface area contributed by atoms with Crippen LogP contribution in [0.15, 0.2) is 48.0 Å². The Hall–Kier alpha value is -3.36. The average Bonchev–Trinajstić information content (AvgIpc) is 3.40. The topological polar surface area (TPSA) is 88.5 Å². The second kappa shape index (κ2) is 10.9. The largest absolute Gasteiger partial charge is 0.507 e. The first kappa shape index (κ1) is 25.3. The lowest BCUT2D eigenvalue weighted by Crippen LogP contribution is -2.38. The molecule has 0 spiro atoms. The molecular formula is C29H34N2O6. The molecule has 2 aromatic rings. The van der Waals surface area contributed by atoms with Gasteiger partial charge in [0.25, 0.3) is 11.7 Å². The Morgan fingerprint density at radius 2 is 1.84 bits per heavy atom. The second-order valence-electron chi connectivity index (χ2n) is 9.76. The maximum absolute atomic E-state index is 13.3. The van der Waals surface area contributed by atoms with E-state index >= 15 is 0 Å². The van der Waals surface area contributed by atoms with Crippen molar-refractivity contribution in [3.63, 3.8) is 0 Å². The molecule has 2 aromatic carbocycles. The van der Waals surface area contributed by atoms with Crippen molar-refractivity contribution >= 4 is 17.4 Å². The van der Waals surface area contributed by atoms with Gasteiger partial charge in [-0.3, -0.25) is 14.5 Å². The van der Waals surface area contributed by atoms with E-state index in [4.69, 9.17) is 14.2 Å². The Kier molecular flexibility index (Phi) is 7.48. The highest BCUT2D eigenvalue weighted by Crippen LogP contribution is 2.41. The third kappa shape index (κ3) is 5.22. The van der Waals surface area contributed by atoms with Crippen LogP contribution in [0.5, 0.6) is 11.5 Å². The number of likely N-dealkylation sites (tertiary alicyclic amines) is 1. The quantitative estimate of drug-likeness (QED) is 0.333. The maximum Gasteiger partial charge on any atom is 0.295 e. The summed E-state index contributed by atoms with van der Waals surface area (Å²) in [6, 6.07) is 12.1. The van der Waals surface area contributed by atoms with Crippen molar-refractivity contribution in [3.05, 3.63) is 64.7 Å². The lowest BCUT2D eigenvalue weighted by Gasteiger charge is -2.29. The van der Waals surface area contributed by atoms with Crippen LogP contribution < -0.4 is 9.47 Å². The number of morpholine rings is 1. The second-order valence-corrected chi connectivity index (χ2v) is 9.76. The minimum atomic E-state index is -0.677. The van der Waals surface area contributed by atoms with Crippen molar-refractivity contribution in [2.45, 2.75) is 38.8 Å².